The monoisotopic (exact) mass is 201 g/mol. The van der Waals surface area contributed by atoms with Crippen molar-refractivity contribution in [1.82, 2.24) is 9.78 Å². The van der Waals surface area contributed by atoms with E-state index in [0.717, 1.165) is 28.3 Å². The van der Waals surface area contributed by atoms with E-state index in [9.17, 15) is 0 Å². The highest BCUT2D eigenvalue weighted by Crippen LogP contribution is 2.17. The molecule has 0 aliphatic heterocycles. The highest BCUT2D eigenvalue weighted by molar-refractivity contribution is 5.52. The Morgan fingerprint density at radius 2 is 1.87 bits per heavy atom. The van der Waals surface area contributed by atoms with Gasteiger partial charge in [0, 0.05) is 11.4 Å². The second kappa shape index (κ2) is 3.42. The van der Waals surface area contributed by atoms with Gasteiger partial charge in [0.1, 0.15) is 0 Å². The molecule has 1 aromatic carbocycles. The van der Waals surface area contributed by atoms with Crippen LogP contribution >= 0.6 is 0 Å². The molecule has 2 N–H and O–H groups in total. The van der Waals surface area contributed by atoms with E-state index >= 15 is 0 Å². The quantitative estimate of drug-likeness (QED) is 0.720. The Bertz CT molecular complexity index is 498. The van der Waals surface area contributed by atoms with Gasteiger partial charge >= 0.3 is 0 Å². The molecule has 0 bridgehead atoms. The number of aromatic nitrogens is 2. The van der Waals surface area contributed by atoms with Gasteiger partial charge in [-0.3, -0.25) is 0 Å². The number of nitrogens with two attached hydrogens (primary N) is 1. The molecule has 0 aliphatic rings. The standard InChI is InChI=1S/C12H15N3/c1-8-6-11(4-5-12(8)13)15-10(3)7-9(2)14-15/h4-7H,13H2,1-3H3. The zero-order valence-electron chi connectivity index (χ0n) is 9.28. The van der Waals surface area contributed by atoms with Gasteiger partial charge in [0.2, 0.25) is 0 Å². The molecule has 0 saturated heterocycles. The minimum Gasteiger partial charge on any atom is -0.399 e. The van der Waals surface area contributed by atoms with Gasteiger partial charge < -0.3 is 5.73 Å². The van der Waals surface area contributed by atoms with Crippen molar-refractivity contribution >= 4 is 5.69 Å². The third-order valence-electron chi connectivity index (χ3n) is 2.51. The molecular formula is C12H15N3. The third-order valence-corrected chi connectivity index (χ3v) is 2.51. The summed E-state index contributed by atoms with van der Waals surface area (Å²) in [6.07, 6.45) is 0. The van der Waals surface area contributed by atoms with E-state index in [1.807, 2.05) is 37.6 Å². The van der Waals surface area contributed by atoms with Crippen LogP contribution in [-0.4, -0.2) is 9.78 Å². The summed E-state index contributed by atoms with van der Waals surface area (Å²) in [5, 5.41) is 4.43. The summed E-state index contributed by atoms with van der Waals surface area (Å²) in [7, 11) is 0. The lowest BCUT2D eigenvalue weighted by molar-refractivity contribution is 0.833. The minimum absolute atomic E-state index is 0.820. The van der Waals surface area contributed by atoms with E-state index in [0.29, 0.717) is 0 Å². The Morgan fingerprint density at radius 3 is 2.40 bits per heavy atom. The maximum absolute atomic E-state index is 5.78. The summed E-state index contributed by atoms with van der Waals surface area (Å²) in [6.45, 7) is 6.05. The van der Waals surface area contributed by atoms with Crippen molar-refractivity contribution in [2.24, 2.45) is 0 Å². The van der Waals surface area contributed by atoms with Crippen LogP contribution in [0.4, 0.5) is 5.69 Å². The van der Waals surface area contributed by atoms with Crippen molar-refractivity contribution in [3.8, 4) is 5.69 Å². The Hall–Kier alpha value is -1.77. The zero-order valence-corrected chi connectivity index (χ0v) is 9.28. The van der Waals surface area contributed by atoms with Crippen molar-refractivity contribution in [3.63, 3.8) is 0 Å². The van der Waals surface area contributed by atoms with Crippen molar-refractivity contribution in [2.75, 3.05) is 5.73 Å². The molecular weight excluding hydrogens is 186 g/mol. The molecule has 0 aliphatic carbocycles. The molecule has 0 spiro atoms. The van der Waals surface area contributed by atoms with Crippen LogP contribution in [0.2, 0.25) is 0 Å². The maximum atomic E-state index is 5.78. The SMILES string of the molecule is Cc1cc(C)n(-c2ccc(N)c(C)c2)n1. The average Bonchev–Trinajstić information content (AvgIpc) is 2.50. The normalized spacial score (nSPS) is 10.6. The van der Waals surface area contributed by atoms with Crippen LogP contribution in [0.1, 0.15) is 17.0 Å². The minimum atomic E-state index is 0.820. The van der Waals surface area contributed by atoms with Crippen molar-refractivity contribution < 1.29 is 0 Å². The first-order valence-corrected chi connectivity index (χ1v) is 4.97. The summed E-state index contributed by atoms with van der Waals surface area (Å²) in [6, 6.07) is 8.02. The highest BCUT2D eigenvalue weighted by Gasteiger charge is 2.04. The first-order chi connectivity index (χ1) is 7.08. The molecule has 2 rings (SSSR count). The van der Waals surface area contributed by atoms with E-state index in [1.165, 1.54) is 0 Å². The van der Waals surface area contributed by atoms with E-state index < -0.39 is 0 Å². The van der Waals surface area contributed by atoms with E-state index in [4.69, 9.17) is 5.73 Å². The Morgan fingerprint density at radius 1 is 1.13 bits per heavy atom. The lowest BCUT2D eigenvalue weighted by Crippen LogP contribution is -2.00. The number of rotatable bonds is 1. The predicted molar refractivity (Wildman–Crippen MR) is 62.2 cm³/mol. The van der Waals surface area contributed by atoms with Crippen molar-refractivity contribution in [2.45, 2.75) is 20.8 Å². The summed E-state index contributed by atoms with van der Waals surface area (Å²) in [5.41, 5.74) is 10.9. The van der Waals surface area contributed by atoms with Gasteiger partial charge in [0.05, 0.1) is 11.4 Å². The molecule has 3 nitrogen and oxygen atoms in total. The third kappa shape index (κ3) is 1.73. The molecule has 0 amide bonds. The van der Waals surface area contributed by atoms with Gasteiger partial charge in [-0.1, -0.05) is 0 Å². The number of hydrogen-bond acceptors (Lipinski definition) is 2. The van der Waals surface area contributed by atoms with Crippen LogP contribution in [0.5, 0.6) is 0 Å². The number of aryl methyl sites for hydroxylation is 3. The van der Waals surface area contributed by atoms with Gasteiger partial charge in [-0.15, -0.1) is 0 Å². The molecule has 15 heavy (non-hydrogen) atoms. The number of anilines is 1. The van der Waals surface area contributed by atoms with Crippen LogP contribution in [0.3, 0.4) is 0 Å². The second-order valence-corrected chi connectivity index (χ2v) is 3.88. The fourth-order valence-electron chi connectivity index (χ4n) is 1.68. The maximum Gasteiger partial charge on any atom is 0.0652 e. The average molecular weight is 201 g/mol. The molecule has 1 aromatic heterocycles. The molecule has 0 radical (unpaired) electrons. The Kier molecular flexibility index (Phi) is 2.23. The number of nitrogens with zero attached hydrogens (tertiary/aromatic N) is 2. The summed E-state index contributed by atoms with van der Waals surface area (Å²) < 4.78 is 1.93. The highest BCUT2D eigenvalue weighted by atomic mass is 15.3. The lowest BCUT2D eigenvalue weighted by Gasteiger charge is -2.06. The number of hydrogen-bond donors (Lipinski definition) is 1. The van der Waals surface area contributed by atoms with Crippen LogP contribution in [0, 0.1) is 20.8 Å². The Labute approximate surface area is 89.5 Å². The first-order valence-electron chi connectivity index (χ1n) is 4.97. The van der Waals surface area contributed by atoms with Crippen LogP contribution < -0.4 is 5.73 Å². The second-order valence-electron chi connectivity index (χ2n) is 3.88. The zero-order chi connectivity index (χ0) is 11.0. The van der Waals surface area contributed by atoms with Gasteiger partial charge in [0.25, 0.3) is 0 Å². The van der Waals surface area contributed by atoms with Gasteiger partial charge in [-0.2, -0.15) is 5.10 Å². The molecule has 1 heterocycles. The summed E-state index contributed by atoms with van der Waals surface area (Å²) in [4.78, 5) is 0. The van der Waals surface area contributed by atoms with E-state index in [1.54, 1.807) is 0 Å². The predicted octanol–water partition coefficient (Wildman–Crippen LogP) is 2.38. The van der Waals surface area contributed by atoms with Crippen molar-refractivity contribution in [3.05, 3.63) is 41.2 Å². The fourth-order valence-corrected chi connectivity index (χ4v) is 1.68. The van der Waals surface area contributed by atoms with E-state index in [-0.39, 0.29) is 0 Å². The number of nitrogen functional groups attached to an aromatic ring is 1. The van der Waals surface area contributed by atoms with Gasteiger partial charge in [0.15, 0.2) is 0 Å². The summed E-state index contributed by atoms with van der Waals surface area (Å²) in [5.74, 6) is 0. The van der Waals surface area contributed by atoms with Crippen molar-refractivity contribution in [1.29, 1.82) is 0 Å². The molecule has 78 valence electrons. The molecule has 0 saturated carbocycles. The smallest absolute Gasteiger partial charge is 0.0652 e. The van der Waals surface area contributed by atoms with E-state index in [2.05, 4.69) is 17.2 Å². The molecule has 0 fully saturated rings. The van der Waals surface area contributed by atoms with Crippen LogP contribution in [0.15, 0.2) is 24.3 Å². The van der Waals surface area contributed by atoms with Crippen LogP contribution in [0.25, 0.3) is 5.69 Å². The molecule has 0 atom stereocenters. The molecule has 2 aromatic rings. The van der Waals surface area contributed by atoms with Gasteiger partial charge in [-0.25, -0.2) is 4.68 Å². The van der Waals surface area contributed by atoms with Gasteiger partial charge in [-0.05, 0) is 50.6 Å². The summed E-state index contributed by atoms with van der Waals surface area (Å²) >= 11 is 0. The fraction of sp³-hybridized carbons (Fsp3) is 0.250. The largest absolute Gasteiger partial charge is 0.399 e. The van der Waals surface area contributed by atoms with Crippen LogP contribution in [-0.2, 0) is 0 Å². The topological polar surface area (TPSA) is 43.8 Å². The first kappa shape index (κ1) is 9.77. The molecule has 0 unspecified atom stereocenters. The number of benzene rings is 1. The lowest BCUT2D eigenvalue weighted by atomic mass is 10.2. The Balaban J connectivity index is 2.54. The molecule has 3 heteroatoms.